The molecular weight excluding hydrogens is 322 g/mol. The molecule has 7 heteroatoms. The van der Waals surface area contributed by atoms with Gasteiger partial charge < -0.3 is 0 Å². The van der Waals surface area contributed by atoms with Gasteiger partial charge in [-0.3, -0.25) is 4.68 Å². The zero-order valence-electron chi connectivity index (χ0n) is 13.2. The normalized spacial score (nSPS) is 12.1. The van der Waals surface area contributed by atoms with E-state index in [0.717, 1.165) is 23.4 Å². The lowest BCUT2D eigenvalue weighted by molar-refractivity contribution is 0.464. The number of rotatable bonds is 5. The van der Waals surface area contributed by atoms with Gasteiger partial charge in [0.2, 0.25) is 10.0 Å². The van der Waals surface area contributed by atoms with E-state index in [4.69, 9.17) is 11.6 Å². The van der Waals surface area contributed by atoms with Crippen LogP contribution in [0.4, 0.5) is 0 Å². The van der Waals surface area contributed by atoms with Crippen LogP contribution in [0, 0.1) is 6.92 Å². The van der Waals surface area contributed by atoms with Crippen LogP contribution in [-0.4, -0.2) is 29.6 Å². The first kappa shape index (κ1) is 17.0. The van der Waals surface area contributed by atoms with E-state index in [1.54, 1.807) is 23.9 Å². The van der Waals surface area contributed by atoms with E-state index in [-0.39, 0.29) is 4.90 Å². The van der Waals surface area contributed by atoms with Gasteiger partial charge in [0.15, 0.2) is 0 Å². The Labute approximate surface area is 136 Å². The van der Waals surface area contributed by atoms with Crippen molar-refractivity contribution in [3.63, 3.8) is 0 Å². The van der Waals surface area contributed by atoms with Crippen molar-refractivity contribution in [1.29, 1.82) is 0 Å². The molecule has 5 nitrogen and oxygen atoms in total. The molecule has 0 amide bonds. The molecule has 0 aliphatic heterocycles. The largest absolute Gasteiger partial charge is 0.272 e. The number of benzene rings is 1. The van der Waals surface area contributed by atoms with E-state index in [1.165, 1.54) is 16.4 Å². The Morgan fingerprint density at radius 3 is 2.41 bits per heavy atom. The van der Waals surface area contributed by atoms with Gasteiger partial charge in [0.05, 0.1) is 10.6 Å². The average molecular weight is 342 g/mol. The number of halogens is 1. The summed E-state index contributed by atoms with van der Waals surface area (Å²) >= 11 is 5.81. The maximum absolute atomic E-state index is 12.6. The molecule has 2 rings (SSSR count). The first-order chi connectivity index (χ1) is 10.3. The molecule has 0 saturated heterocycles. The van der Waals surface area contributed by atoms with Gasteiger partial charge in [0.1, 0.15) is 0 Å². The Hall–Kier alpha value is -1.37. The second-order valence-electron chi connectivity index (χ2n) is 5.20. The van der Waals surface area contributed by atoms with Gasteiger partial charge >= 0.3 is 0 Å². The van der Waals surface area contributed by atoms with Crippen LogP contribution in [0.15, 0.2) is 29.2 Å². The quantitative estimate of drug-likeness (QED) is 0.840. The van der Waals surface area contributed by atoms with Crippen LogP contribution in [0.25, 0.3) is 0 Å². The highest BCUT2D eigenvalue weighted by Gasteiger charge is 2.23. The Morgan fingerprint density at radius 1 is 1.27 bits per heavy atom. The fraction of sp³-hybridized carbons (Fsp3) is 0.400. The number of hydrogen-bond donors (Lipinski definition) is 0. The summed E-state index contributed by atoms with van der Waals surface area (Å²) in [5.74, 6) is 0. The maximum atomic E-state index is 12.6. The number of sulfonamides is 1. The molecule has 0 atom stereocenters. The number of aryl methyl sites for hydroxylation is 2. The van der Waals surface area contributed by atoms with Crippen molar-refractivity contribution in [3.8, 4) is 0 Å². The van der Waals surface area contributed by atoms with Crippen molar-refractivity contribution < 1.29 is 8.42 Å². The van der Waals surface area contributed by atoms with Crippen molar-refractivity contribution in [1.82, 2.24) is 14.1 Å². The van der Waals surface area contributed by atoms with E-state index in [2.05, 4.69) is 5.10 Å². The minimum atomic E-state index is -3.55. The van der Waals surface area contributed by atoms with Gasteiger partial charge in [-0.25, -0.2) is 8.42 Å². The third kappa shape index (κ3) is 3.19. The summed E-state index contributed by atoms with van der Waals surface area (Å²) in [6, 6.07) is 6.19. The molecular formula is C15H20ClN3O2S. The van der Waals surface area contributed by atoms with Gasteiger partial charge in [-0.1, -0.05) is 18.5 Å². The molecule has 22 heavy (non-hydrogen) atoms. The summed E-state index contributed by atoms with van der Waals surface area (Å²) in [4.78, 5) is 0.235. The summed E-state index contributed by atoms with van der Waals surface area (Å²) in [7, 11) is -0.103. The standard InChI is InChI=1S/C15H20ClN3O2S/c1-5-15-14(11(2)19(4)17-15)10-18(3)22(20,21)13-8-6-12(16)7-9-13/h6-9H,5,10H2,1-4H3. The summed E-state index contributed by atoms with van der Waals surface area (Å²) in [6.07, 6.45) is 0.770. The predicted octanol–water partition coefficient (Wildman–Crippen LogP) is 2.77. The topological polar surface area (TPSA) is 55.2 Å². The summed E-state index contributed by atoms with van der Waals surface area (Å²) < 4.78 is 28.4. The highest BCUT2D eigenvalue weighted by atomic mass is 35.5. The van der Waals surface area contributed by atoms with E-state index >= 15 is 0 Å². The summed E-state index contributed by atoms with van der Waals surface area (Å²) in [6.45, 7) is 4.26. The molecule has 0 aliphatic rings. The Balaban J connectivity index is 2.32. The van der Waals surface area contributed by atoms with E-state index < -0.39 is 10.0 Å². The molecule has 2 aromatic rings. The Bertz CT molecular complexity index is 767. The van der Waals surface area contributed by atoms with Gasteiger partial charge in [-0.15, -0.1) is 0 Å². The van der Waals surface area contributed by atoms with Crippen molar-refractivity contribution in [2.75, 3.05) is 7.05 Å². The van der Waals surface area contributed by atoms with Gasteiger partial charge in [0, 0.05) is 36.9 Å². The van der Waals surface area contributed by atoms with E-state index in [1.807, 2.05) is 20.9 Å². The molecule has 1 aromatic carbocycles. The van der Waals surface area contributed by atoms with Gasteiger partial charge in [0.25, 0.3) is 0 Å². The number of hydrogen-bond acceptors (Lipinski definition) is 3. The van der Waals surface area contributed by atoms with Gasteiger partial charge in [-0.05, 0) is 37.6 Å². The van der Waals surface area contributed by atoms with Crippen LogP contribution in [0.2, 0.25) is 5.02 Å². The number of aromatic nitrogens is 2. The minimum absolute atomic E-state index is 0.235. The minimum Gasteiger partial charge on any atom is -0.272 e. The molecule has 0 radical (unpaired) electrons. The van der Waals surface area contributed by atoms with Crippen LogP contribution in [0.1, 0.15) is 23.9 Å². The first-order valence-electron chi connectivity index (χ1n) is 7.00. The average Bonchev–Trinajstić information content (AvgIpc) is 2.75. The Morgan fingerprint density at radius 2 is 1.86 bits per heavy atom. The Kier molecular flexibility index (Phi) is 4.94. The molecule has 1 aromatic heterocycles. The monoisotopic (exact) mass is 341 g/mol. The molecule has 120 valence electrons. The zero-order chi connectivity index (χ0) is 16.5. The molecule has 0 fully saturated rings. The van der Waals surface area contributed by atoms with Gasteiger partial charge in [-0.2, -0.15) is 9.40 Å². The highest BCUT2D eigenvalue weighted by Crippen LogP contribution is 2.22. The second-order valence-corrected chi connectivity index (χ2v) is 7.68. The van der Waals surface area contributed by atoms with Crippen LogP contribution in [0.3, 0.4) is 0 Å². The summed E-state index contributed by atoms with van der Waals surface area (Å²) in [5.41, 5.74) is 2.87. The lowest BCUT2D eigenvalue weighted by atomic mass is 10.1. The van der Waals surface area contributed by atoms with Crippen molar-refractivity contribution in [2.24, 2.45) is 7.05 Å². The van der Waals surface area contributed by atoms with Crippen LogP contribution in [0.5, 0.6) is 0 Å². The zero-order valence-corrected chi connectivity index (χ0v) is 14.7. The SMILES string of the molecule is CCc1nn(C)c(C)c1CN(C)S(=O)(=O)c1ccc(Cl)cc1. The van der Waals surface area contributed by atoms with Crippen LogP contribution in [-0.2, 0) is 30.0 Å². The van der Waals surface area contributed by atoms with Crippen molar-refractivity contribution in [3.05, 3.63) is 46.2 Å². The maximum Gasteiger partial charge on any atom is 0.243 e. The predicted molar refractivity (Wildman–Crippen MR) is 87.4 cm³/mol. The highest BCUT2D eigenvalue weighted by molar-refractivity contribution is 7.89. The second kappa shape index (κ2) is 6.40. The third-order valence-corrected chi connectivity index (χ3v) is 5.85. The molecule has 0 unspecified atom stereocenters. The van der Waals surface area contributed by atoms with Crippen LogP contribution < -0.4 is 0 Å². The number of nitrogens with zero attached hydrogens (tertiary/aromatic N) is 3. The lowest BCUT2D eigenvalue weighted by Gasteiger charge is -2.18. The lowest BCUT2D eigenvalue weighted by Crippen LogP contribution is -2.27. The van der Waals surface area contributed by atoms with Crippen molar-refractivity contribution in [2.45, 2.75) is 31.7 Å². The third-order valence-electron chi connectivity index (χ3n) is 3.78. The van der Waals surface area contributed by atoms with Crippen molar-refractivity contribution >= 4 is 21.6 Å². The molecule has 0 N–H and O–H groups in total. The smallest absolute Gasteiger partial charge is 0.243 e. The fourth-order valence-electron chi connectivity index (χ4n) is 2.30. The fourth-order valence-corrected chi connectivity index (χ4v) is 3.57. The first-order valence-corrected chi connectivity index (χ1v) is 8.82. The van der Waals surface area contributed by atoms with E-state index in [0.29, 0.717) is 11.6 Å². The molecule has 0 spiro atoms. The molecule has 0 aliphatic carbocycles. The molecule has 0 saturated carbocycles. The molecule has 0 bridgehead atoms. The van der Waals surface area contributed by atoms with E-state index in [9.17, 15) is 8.42 Å². The summed E-state index contributed by atoms with van der Waals surface area (Å²) in [5, 5.41) is 4.94. The molecule has 1 heterocycles. The van der Waals surface area contributed by atoms with Crippen LogP contribution >= 0.6 is 11.6 Å².